The Labute approximate surface area is 179 Å². The van der Waals surface area contributed by atoms with Gasteiger partial charge in [-0.2, -0.15) is 13.2 Å². The fraction of sp³-hybridized carbons (Fsp3) is 0.391. The minimum Gasteiger partial charge on any atom is -0.328 e. The molecule has 0 saturated carbocycles. The lowest BCUT2D eigenvalue weighted by molar-refractivity contribution is -0.135. The monoisotopic (exact) mass is 431 g/mol. The van der Waals surface area contributed by atoms with Crippen LogP contribution in [0.5, 0.6) is 0 Å². The summed E-state index contributed by atoms with van der Waals surface area (Å²) in [5.41, 5.74) is 2.18. The largest absolute Gasteiger partial charge is 0.389 e. The van der Waals surface area contributed by atoms with Crippen molar-refractivity contribution in [2.24, 2.45) is 0 Å². The van der Waals surface area contributed by atoms with Crippen LogP contribution < -0.4 is 0 Å². The maximum atomic E-state index is 12.5. The number of benzene rings is 2. The van der Waals surface area contributed by atoms with E-state index in [0.29, 0.717) is 18.7 Å². The molecule has 0 N–H and O–H groups in total. The first kappa shape index (κ1) is 22.2. The highest BCUT2D eigenvalue weighted by molar-refractivity contribution is 7.99. The number of fused-ring (bicyclic) bond motifs is 1. The van der Waals surface area contributed by atoms with E-state index < -0.39 is 12.6 Å². The first-order chi connectivity index (χ1) is 14.1. The zero-order valence-electron chi connectivity index (χ0n) is 17.3. The summed E-state index contributed by atoms with van der Waals surface area (Å²) in [5, 5.41) is 0. The molecule has 3 rings (SSSR count). The third-order valence-electron chi connectivity index (χ3n) is 4.68. The topological polar surface area (TPSA) is 22.2 Å². The van der Waals surface area contributed by atoms with Gasteiger partial charge in [-0.1, -0.05) is 56.8 Å². The van der Waals surface area contributed by atoms with Crippen molar-refractivity contribution in [1.82, 2.24) is 9.55 Å². The maximum absolute atomic E-state index is 12.5. The average molecular weight is 432 g/mol. The zero-order valence-corrected chi connectivity index (χ0v) is 18.1. The van der Waals surface area contributed by atoms with Crippen molar-refractivity contribution in [2.75, 3.05) is 0 Å². The maximum Gasteiger partial charge on any atom is 0.389 e. The van der Waals surface area contributed by atoms with Crippen molar-refractivity contribution in [3.05, 3.63) is 59.7 Å². The predicted octanol–water partition coefficient (Wildman–Crippen LogP) is 7.77. The third-order valence-corrected chi connectivity index (χ3v) is 5.68. The quantitative estimate of drug-likeness (QED) is 0.294. The Kier molecular flexibility index (Phi) is 6.47. The van der Waals surface area contributed by atoms with E-state index in [1.54, 1.807) is 23.9 Å². The van der Waals surface area contributed by atoms with Crippen molar-refractivity contribution in [2.45, 2.75) is 68.0 Å². The van der Waals surface area contributed by atoms with Gasteiger partial charge in [0.15, 0.2) is 5.69 Å². The lowest BCUT2D eigenvalue weighted by Crippen LogP contribution is -2.19. The van der Waals surface area contributed by atoms with Gasteiger partial charge < -0.3 is 4.57 Å². The molecule has 0 radical (unpaired) electrons. The second kappa shape index (κ2) is 8.73. The van der Waals surface area contributed by atoms with E-state index in [4.69, 9.17) is 11.6 Å². The minimum atomic E-state index is -4.11. The molecule has 3 nitrogen and oxygen atoms in total. The number of nitrogens with zero attached hydrogens (tertiary/aromatic N) is 3. The van der Waals surface area contributed by atoms with Crippen LogP contribution >= 0.6 is 11.8 Å². The summed E-state index contributed by atoms with van der Waals surface area (Å²) in [4.78, 5) is 10.3. The van der Waals surface area contributed by atoms with Gasteiger partial charge in [0.2, 0.25) is 0 Å². The van der Waals surface area contributed by atoms with Gasteiger partial charge in [-0.05, 0) is 31.0 Å². The first-order valence-electron chi connectivity index (χ1n) is 9.80. The van der Waals surface area contributed by atoms with Crippen LogP contribution in [0.15, 0.2) is 52.3 Å². The zero-order chi connectivity index (χ0) is 21.9. The molecule has 158 valence electrons. The Bertz CT molecular complexity index is 1050. The van der Waals surface area contributed by atoms with Crippen molar-refractivity contribution in [3.63, 3.8) is 0 Å². The highest BCUT2D eigenvalue weighted by Crippen LogP contribution is 2.33. The number of alkyl halides is 3. The van der Waals surface area contributed by atoms with Gasteiger partial charge in [-0.15, -0.1) is 0 Å². The normalized spacial score (nSPS) is 12.3. The Morgan fingerprint density at radius 2 is 1.67 bits per heavy atom. The summed E-state index contributed by atoms with van der Waals surface area (Å²) < 4.78 is 39.5. The lowest BCUT2D eigenvalue weighted by atomic mass is 9.95. The second-order valence-electron chi connectivity index (χ2n) is 8.27. The third kappa shape index (κ3) is 5.57. The van der Waals surface area contributed by atoms with E-state index in [1.807, 2.05) is 30.3 Å². The number of rotatable bonds is 6. The number of hydrogen-bond acceptors (Lipinski definition) is 2. The molecule has 0 fully saturated rings. The molecule has 0 aliphatic rings. The van der Waals surface area contributed by atoms with E-state index in [0.717, 1.165) is 26.6 Å². The van der Waals surface area contributed by atoms with E-state index in [2.05, 4.69) is 30.2 Å². The first-order valence-corrected chi connectivity index (χ1v) is 10.6. The van der Waals surface area contributed by atoms with Crippen LogP contribution in [-0.4, -0.2) is 15.7 Å². The van der Waals surface area contributed by atoms with E-state index in [-0.39, 0.29) is 11.8 Å². The molecule has 0 unspecified atom stereocenters. The van der Waals surface area contributed by atoms with Gasteiger partial charge in [-0.25, -0.2) is 9.83 Å². The summed E-state index contributed by atoms with van der Waals surface area (Å²) >= 11 is 1.59. The summed E-state index contributed by atoms with van der Waals surface area (Å²) in [7, 11) is 0. The van der Waals surface area contributed by atoms with Gasteiger partial charge in [-0.3, -0.25) is 0 Å². The molecule has 0 spiro atoms. The van der Waals surface area contributed by atoms with Crippen LogP contribution in [0.4, 0.5) is 18.9 Å². The lowest BCUT2D eigenvalue weighted by Gasteiger charge is -2.20. The molecule has 30 heavy (non-hydrogen) atoms. The molecule has 0 aliphatic carbocycles. The summed E-state index contributed by atoms with van der Waals surface area (Å²) in [6.07, 6.45) is -4.29. The minimum absolute atomic E-state index is 0.112. The van der Waals surface area contributed by atoms with Crippen molar-refractivity contribution in [3.8, 4) is 0 Å². The van der Waals surface area contributed by atoms with Gasteiger partial charge in [0.25, 0.3) is 0 Å². The van der Waals surface area contributed by atoms with Crippen LogP contribution in [-0.2, 0) is 12.0 Å². The molecule has 0 amide bonds. The predicted molar refractivity (Wildman–Crippen MR) is 115 cm³/mol. The SMILES string of the molecule is [C-]#[N+]c1ccc(Sc2ccc3c(c2)nc(C(C)(C)C)n3CCCCC(F)(F)F)cc1. The highest BCUT2D eigenvalue weighted by atomic mass is 32.2. The van der Waals surface area contributed by atoms with Crippen LogP contribution in [0.3, 0.4) is 0 Å². The van der Waals surface area contributed by atoms with Gasteiger partial charge >= 0.3 is 6.18 Å². The van der Waals surface area contributed by atoms with Gasteiger partial charge in [0, 0.05) is 28.2 Å². The molecule has 2 aromatic carbocycles. The van der Waals surface area contributed by atoms with Crippen molar-refractivity contribution < 1.29 is 13.2 Å². The van der Waals surface area contributed by atoms with Crippen LogP contribution in [0, 0.1) is 6.57 Å². The number of hydrogen-bond donors (Lipinski definition) is 0. The van der Waals surface area contributed by atoms with E-state index in [9.17, 15) is 13.2 Å². The number of aromatic nitrogens is 2. The molecule has 7 heteroatoms. The highest BCUT2D eigenvalue weighted by Gasteiger charge is 2.27. The Morgan fingerprint density at radius 1 is 1.00 bits per heavy atom. The summed E-state index contributed by atoms with van der Waals surface area (Å²) in [5.74, 6) is 0.882. The molecule has 1 heterocycles. The molecule has 0 aliphatic heterocycles. The molecular weight excluding hydrogens is 407 g/mol. The van der Waals surface area contributed by atoms with Crippen LogP contribution in [0.1, 0.15) is 45.9 Å². The molecule has 0 atom stereocenters. The fourth-order valence-corrected chi connectivity index (χ4v) is 4.14. The molecule has 3 aromatic rings. The summed E-state index contributed by atoms with van der Waals surface area (Å²) in [6, 6.07) is 13.4. The number of halogens is 3. The fourth-order valence-electron chi connectivity index (χ4n) is 3.29. The van der Waals surface area contributed by atoms with Crippen molar-refractivity contribution >= 4 is 28.5 Å². The van der Waals surface area contributed by atoms with E-state index >= 15 is 0 Å². The molecule has 0 bridgehead atoms. The number of imidazole rings is 1. The Hall–Kier alpha value is -2.46. The molecule has 0 saturated heterocycles. The van der Waals surface area contributed by atoms with Crippen molar-refractivity contribution in [1.29, 1.82) is 0 Å². The smallest absolute Gasteiger partial charge is 0.328 e. The van der Waals surface area contributed by atoms with E-state index in [1.165, 1.54) is 0 Å². The van der Waals surface area contributed by atoms with Gasteiger partial charge in [0.1, 0.15) is 5.82 Å². The standard InChI is InChI=1S/C23H24F3N3S/c1-22(2,3)21-28-19-15-18(30-17-9-7-16(27-4)8-10-17)11-12-20(19)29(21)14-6-5-13-23(24,25)26/h7-12,15H,5-6,13-14H2,1-3H3. The van der Waals surface area contributed by atoms with Gasteiger partial charge in [0.05, 0.1) is 17.6 Å². The summed E-state index contributed by atoms with van der Waals surface area (Å²) in [6.45, 7) is 13.8. The average Bonchev–Trinajstić information content (AvgIpc) is 3.03. The second-order valence-corrected chi connectivity index (χ2v) is 9.41. The molecular formula is C23H24F3N3S. The number of unbranched alkanes of at least 4 members (excludes halogenated alkanes) is 1. The Morgan fingerprint density at radius 3 is 2.27 bits per heavy atom. The Balaban J connectivity index is 1.85. The van der Waals surface area contributed by atoms with Crippen LogP contribution in [0.25, 0.3) is 15.9 Å². The number of aryl methyl sites for hydroxylation is 1. The molecule has 1 aromatic heterocycles. The van der Waals surface area contributed by atoms with Crippen LogP contribution in [0.2, 0.25) is 0 Å².